The van der Waals surface area contributed by atoms with Gasteiger partial charge in [-0.2, -0.15) is 0 Å². The monoisotopic (exact) mass is 396 g/mol. The van der Waals surface area contributed by atoms with Crippen molar-refractivity contribution in [2.24, 2.45) is 0 Å². The van der Waals surface area contributed by atoms with Crippen molar-refractivity contribution in [2.45, 2.75) is 12.8 Å². The highest BCUT2D eigenvalue weighted by atomic mass is 79.9. The molecule has 104 valence electrons. The molecule has 0 aromatic heterocycles. The highest BCUT2D eigenvalue weighted by molar-refractivity contribution is 9.11. The lowest BCUT2D eigenvalue weighted by Gasteiger charge is -2.09. The third-order valence-corrected chi connectivity index (χ3v) is 4.06. The van der Waals surface area contributed by atoms with Crippen LogP contribution in [0.25, 0.3) is 0 Å². The second-order valence-corrected chi connectivity index (χ2v) is 6.14. The van der Waals surface area contributed by atoms with Gasteiger partial charge in [-0.05, 0) is 52.2 Å². The number of carbonyl (C=O) groups is 1. The molecule has 2 aromatic rings. The number of nitrogen functional groups attached to an aromatic ring is 1. The van der Waals surface area contributed by atoms with Gasteiger partial charge in [0.2, 0.25) is 5.91 Å². The van der Waals surface area contributed by atoms with Crippen molar-refractivity contribution in [1.82, 2.24) is 0 Å². The number of hydrogen-bond donors (Lipinski definition) is 2. The molecule has 2 aromatic carbocycles. The van der Waals surface area contributed by atoms with Crippen LogP contribution < -0.4 is 11.1 Å². The molecule has 20 heavy (non-hydrogen) atoms. The molecule has 0 spiro atoms. The largest absolute Gasteiger partial charge is 0.399 e. The SMILES string of the molecule is Nc1ccccc1CCC(=O)Nc1cc(Br)ccc1Br. The highest BCUT2D eigenvalue weighted by Gasteiger charge is 2.07. The van der Waals surface area contributed by atoms with Crippen LogP contribution in [0.1, 0.15) is 12.0 Å². The number of halogens is 2. The van der Waals surface area contributed by atoms with Crippen molar-refractivity contribution in [3.8, 4) is 0 Å². The van der Waals surface area contributed by atoms with E-state index in [0.717, 1.165) is 25.9 Å². The number of anilines is 2. The summed E-state index contributed by atoms with van der Waals surface area (Å²) >= 11 is 6.79. The minimum Gasteiger partial charge on any atom is -0.399 e. The van der Waals surface area contributed by atoms with E-state index in [-0.39, 0.29) is 5.91 Å². The zero-order valence-electron chi connectivity index (χ0n) is 10.7. The fraction of sp³-hybridized carbons (Fsp3) is 0.133. The van der Waals surface area contributed by atoms with E-state index in [2.05, 4.69) is 37.2 Å². The third-order valence-electron chi connectivity index (χ3n) is 2.88. The van der Waals surface area contributed by atoms with Crippen LogP contribution in [0.5, 0.6) is 0 Å². The van der Waals surface area contributed by atoms with E-state index in [1.54, 1.807) is 0 Å². The Morgan fingerprint density at radius 3 is 2.65 bits per heavy atom. The quantitative estimate of drug-likeness (QED) is 0.752. The maximum Gasteiger partial charge on any atom is 0.224 e. The summed E-state index contributed by atoms with van der Waals surface area (Å²) in [5.41, 5.74) is 8.34. The molecule has 1 amide bonds. The molecule has 5 heteroatoms. The molecule has 0 radical (unpaired) electrons. The number of para-hydroxylation sites is 1. The zero-order chi connectivity index (χ0) is 14.5. The Hall–Kier alpha value is -1.33. The van der Waals surface area contributed by atoms with Crippen molar-refractivity contribution < 1.29 is 4.79 Å². The number of nitrogens with one attached hydrogen (secondary N) is 1. The smallest absolute Gasteiger partial charge is 0.224 e. The van der Waals surface area contributed by atoms with Gasteiger partial charge in [0, 0.05) is 21.1 Å². The molecule has 0 unspecified atom stereocenters. The molecule has 2 rings (SSSR count). The van der Waals surface area contributed by atoms with Crippen molar-refractivity contribution in [3.05, 3.63) is 57.0 Å². The van der Waals surface area contributed by atoms with Crippen LogP contribution in [0.15, 0.2) is 51.4 Å². The minimum absolute atomic E-state index is 0.0351. The average Bonchev–Trinajstić information content (AvgIpc) is 2.42. The van der Waals surface area contributed by atoms with Crippen molar-refractivity contribution in [1.29, 1.82) is 0 Å². The van der Waals surface area contributed by atoms with Gasteiger partial charge < -0.3 is 11.1 Å². The van der Waals surface area contributed by atoms with Gasteiger partial charge in [-0.3, -0.25) is 4.79 Å². The average molecular weight is 398 g/mol. The summed E-state index contributed by atoms with van der Waals surface area (Å²) in [7, 11) is 0. The summed E-state index contributed by atoms with van der Waals surface area (Å²) in [6, 6.07) is 13.2. The standard InChI is InChI=1S/C15H14Br2N2O/c16-11-6-7-12(17)14(9-11)19-15(20)8-5-10-3-1-2-4-13(10)18/h1-4,6-7,9H,5,8,18H2,(H,19,20). The van der Waals surface area contributed by atoms with Gasteiger partial charge in [-0.1, -0.05) is 34.1 Å². The van der Waals surface area contributed by atoms with Gasteiger partial charge >= 0.3 is 0 Å². The van der Waals surface area contributed by atoms with Crippen molar-refractivity contribution in [2.75, 3.05) is 11.1 Å². The number of amides is 1. The second-order valence-electron chi connectivity index (χ2n) is 4.37. The van der Waals surface area contributed by atoms with E-state index in [0.29, 0.717) is 12.8 Å². The fourth-order valence-corrected chi connectivity index (χ4v) is 2.52. The first-order chi connectivity index (χ1) is 9.56. The van der Waals surface area contributed by atoms with Gasteiger partial charge in [0.25, 0.3) is 0 Å². The van der Waals surface area contributed by atoms with Crippen LogP contribution in [0.3, 0.4) is 0 Å². The molecule has 0 aliphatic heterocycles. The van der Waals surface area contributed by atoms with Crippen molar-refractivity contribution in [3.63, 3.8) is 0 Å². The molecule has 0 fully saturated rings. The van der Waals surface area contributed by atoms with E-state index in [1.807, 2.05) is 42.5 Å². The van der Waals surface area contributed by atoms with Gasteiger partial charge in [0.05, 0.1) is 5.69 Å². The van der Waals surface area contributed by atoms with Gasteiger partial charge in [0.1, 0.15) is 0 Å². The fourth-order valence-electron chi connectivity index (χ4n) is 1.82. The van der Waals surface area contributed by atoms with E-state index in [4.69, 9.17) is 5.73 Å². The van der Waals surface area contributed by atoms with Crippen molar-refractivity contribution >= 4 is 49.1 Å². The lowest BCUT2D eigenvalue weighted by atomic mass is 10.1. The van der Waals surface area contributed by atoms with Crippen LogP contribution in [-0.4, -0.2) is 5.91 Å². The summed E-state index contributed by atoms with van der Waals surface area (Å²) in [4.78, 5) is 12.0. The number of nitrogens with two attached hydrogens (primary N) is 1. The number of aryl methyl sites for hydroxylation is 1. The summed E-state index contributed by atoms with van der Waals surface area (Å²) in [5.74, 6) is -0.0351. The molecule has 0 atom stereocenters. The van der Waals surface area contributed by atoms with Gasteiger partial charge in [-0.15, -0.1) is 0 Å². The van der Waals surface area contributed by atoms with E-state index < -0.39 is 0 Å². The first kappa shape index (κ1) is 15.1. The first-order valence-electron chi connectivity index (χ1n) is 6.14. The Balaban J connectivity index is 1.96. The molecule has 0 aliphatic carbocycles. The molecular formula is C15H14Br2N2O. The Bertz CT molecular complexity index is 629. The Morgan fingerprint density at radius 1 is 1.15 bits per heavy atom. The molecule has 3 nitrogen and oxygen atoms in total. The molecule has 3 N–H and O–H groups in total. The molecule has 0 heterocycles. The van der Waals surface area contributed by atoms with Crippen LogP contribution in [-0.2, 0) is 11.2 Å². The number of hydrogen-bond acceptors (Lipinski definition) is 2. The van der Waals surface area contributed by atoms with Gasteiger partial charge in [-0.25, -0.2) is 0 Å². The number of carbonyl (C=O) groups excluding carboxylic acids is 1. The number of benzene rings is 2. The molecular weight excluding hydrogens is 384 g/mol. The van der Waals surface area contributed by atoms with Gasteiger partial charge in [0.15, 0.2) is 0 Å². The third kappa shape index (κ3) is 4.08. The zero-order valence-corrected chi connectivity index (χ0v) is 13.9. The highest BCUT2D eigenvalue weighted by Crippen LogP contribution is 2.26. The second kappa shape index (κ2) is 6.90. The maximum absolute atomic E-state index is 12.0. The van der Waals surface area contributed by atoms with Crippen LogP contribution in [0.4, 0.5) is 11.4 Å². The molecule has 0 saturated heterocycles. The van der Waals surface area contributed by atoms with Crippen LogP contribution in [0, 0.1) is 0 Å². The number of rotatable bonds is 4. The molecule has 0 aliphatic rings. The lowest BCUT2D eigenvalue weighted by Crippen LogP contribution is -2.13. The Morgan fingerprint density at radius 2 is 1.90 bits per heavy atom. The van der Waals surface area contributed by atoms with E-state index >= 15 is 0 Å². The van der Waals surface area contributed by atoms with Crippen LogP contribution in [0.2, 0.25) is 0 Å². The minimum atomic E-state index is -0.0351. The normalized spacial score (nSPS) is 10.3. The first-order valence-corrected chi connectivity index (χ1v) is 7.73. The molecule has 0 bridgehead atoms. The summed E-state index contributed by atoms with van der Waals surface area (Å²) < 4.78 is 1.77. The summed E-state index contributed by atoms with van der Waals surface area (Å²) in [5, 5.41) is 2.88. The van der Waals surface area contributed by atoms with E-state index in [9.17, 15) is 4.79 Å². The molecule has 0 saturated carbocycles. The van der Waals surface area contributed by atoms with E-state index in [1.165, 1.54) is 0 Å². The van der Waals surface area contributed by atoms with Crippen LogP contribution >= 0.6 is 31.9 Å². The predicted molar refractivity (Wildman–Crippen MR) is 89.6 cm³/mol. The topological polar surface area (TPSA) is 55.1 Å². The predicted octanol–water partition coefficient (Wildman–Crippen LogP) is 4.37. The Labute approximate surface area is 134 Å². The maximum atomic E-state index is 12.0. The Kier molecular flexibility index (Phi) is 5.20. The summed E-state index contributed by atoms with van der Waals surface area (Å²) in [6.45, 7) is 0. The summed E-state index contributed by atoms with van der Waals surface area (Å²) in [6.07, 6.45) is 1.03. The lowest BCUT2D eigenvalue weighted by molar-refractivity contribution is -0.116.